The summed E-state index contributed by atoms with van der Waals surface area (Å²) in [6.45, 7) is 6.79. The van der Waals surface area contributed by atoms with Gasteiger partial charge < -0.3 is 14.6 Å². The van der Waals surface area contributed by atoms with E-state index in [1.165, 1.54) is 5.56 Å². The molecule has 0 unspecified atom stereocenters. The highest BCUT2D eigenvalue weighted by atomic mass is 16.5. The van der Waals surface area contributed by atoms with Crippen molar-refractivity contribution in [2.45, 2.75) is 39.7 Å². The summed E-state index contributed by atoms with van der Waals surface area (Å²) in [5.41, 5.74) is 1.17. The molecule has 0 aliphatic rings. The summed E-state index contributed by atoms with van der Waals surface area (Å²) in [6, 6.07) is 5.96. The summed E-state index contributed by atoms with van der Waals surface area (Å²) >= 11 is 0. The first-order valence-electron chi connectivity index (χ1n) is 6.20. The fraction of sp³-hybridized carbons (Fsp3) is 0.571. The Kier molecular flexibility index (Phi) is 5.84. The zero-order chi connectivity index (χ0) is 12.7. The van der Waals surface area contributed by atoms with Crippen molar-refractivity contribution in [3.63, 3.8) is 0 Å². The van der Waals surface area contributed by atoms with E-state index in [1.807, 2.05) is 39.0 Å². The van der Waals surface area contributed by atoms with E-state index in [9.17, 15) is 0 Å². The molecule has 0 spiro atoms. The smallest absolute Gasteiger partial charge is 0.161 e. The molecule has 0 aromatic heterocycles. The molecule has 1 N–H and O–H groups in total. The number of ether oxygens (including phenoxy) is 2. The first-order chi connectivity index (χ1) is 8.17. The standard InChI is InChI=1S/C14H22O3/c1-4-16-14-10-12(6-5-9-15)7-8-13(14)17-11(2)3/h7-8,10-11,15H,4-6,9H2,1-3H3. The first-order valence-corrected chi connectivity index (χ1v) is 6.20. The van der Waals surface area contributed by atoms with Crippen molar-refractivity contribution >= 4 is 0 Å². The van der Waals surface area contributed by atoms with Gasteiger partial charge in [-0.1, -0.05) is 6.07 Å². The molecule has 17 heavy (non-hydrogen) atoms. The van der Waals surface area contributed by atoms with E-state index in [-0.39, 0.29) is 12.7 Å². The van der Waals surface area contributed by atoms with Gasteiger partial charge >= 0.3 is 0 Å². The Morgan fingerprint density at radius 2 is 2.00 bits per heavy atom. The summed E-state index contributed by atoms with van der Waals surface area (Å²) in [5.74, 6) is 1.58. The highest BCUT2D eigenvalue weighted by Crippen LogP contribution is 2.29. The lowest BCUT2D eigenvalue weighted by Crippen LogP contribution is -2.07. The van der Waals surface area contributed by atoms with Crippen LogP contribution in [0.25, 0.3) is 0 Å². The Balaban J connectivity index is 2.83. The van der Waals surface area contributed by atoms with Gasteiger partial charge in [0.05, 0.1) is 12.7 Å². The molecule has 0 fully saturated rings. The van der Waals surface area contributed by atoms with E-state index in [1.54, 1.807) is 0 Å². The molecule has 3 nitrogen and oxygen atoms in total. The number of aliphatic hydroxyl groups excluding tert-OH is 1. The van der Waals surface area contributed by atoms with Crippen LogP contribution >= 0.6 is 0 Å². The van der Waals surface area contributed by atoms with Crippen molar-refractivity contribution in [1.29, 1.82) is 0 Å². The van der Waals surface area contributed by atoms with Gasteiger partial charge in [0.25, 0.3) is 0 Å². The number of benzene rings is 1. The molecular weight excluding hydrogens is 216 g/mol. The fourth-order valence-corrected chi connectivity index (χ4v) is 1.61. The topological polar surface area (TPSA) is 38.7 Å². The molecule has 0 saturated carbocycles. The third-order valence-corrected chi connectivity index (χ3v) is 2.29. The molecule has 0 bridgehead atoms. The van der Waals surface area contributed by atoms with E-state index in [0.717, 1.165) is 24.3 Å². The maximum Gasteiger partial charge on any atom is 0.161 e. The van der Waals surface area contributed by atoms with Crippen LogP contribution in [-0.2, 0) is 6.42 Å². The average molecular weight is 238 g/mol. The number of hydrogen-bond acceptors (Lipinski definition) is 3. The molecule has 0 atom stereocenters. The van der Waals surface area contributed by atoms with Crippen LogP contribution in [0.4, 0.5) is 0 Å². The second kappa shape index (κ2) is 7.17. The molecule has 1 aromatic rings. The van der Waals surface area contributed by atoms with Crippen LogP contribution in [0.1, 0.15) is 32.8 Å². The highest BCUT2D eigenvalue weighted by molar-refractivity contribution is 5.43. The first kappa shape index (κ1) is 13.8. The van der Waals surface area contributed by atoms with Crippen molar-refractivity contribution in [3.05, 3.63) is 23.8 Å². The van der Waals surface area contributed by atoms with Crippen LogP contribution in [0.2, 0.25) is 0 Å². The average Bonchev–Trinajstić information content (AvgIpc) is 2.29. The summed E-state index contributed by atoms with van der Waals surface area (Å²) in [5, 5.41) is 8.82. The Morgan fingerprint density at radius 1 is 1.24 bits per heavy atom. The SMILES string of the molecule is CCOc1cc(CCCO)ccc1OC(C)C. The minimum atomic E-state index is 0.137. The van der Waals surface area contributed by atoms with Crippen molar-refractivity contribution in [2.75, 3.05) is 13.2 Å². The van der Waals surface area contributed by atoms with Crippen molar-refractivity contribution < 1.29 is 14.6 Å². The van der Waals surface area contributed by atoms with Crippen LogP contribution in [-0.4, -0.2) is 24.4 Å². The van der Waals surface area contributed by atoms with Gasteiger partial charge in [-0.3, -0.25) is 0 Å². The lowest BCUT2D eigenvalue weighted by Gasteiger charge is -2.15. The van der Waals surface area contributed by atoms with Gasteiger partial charge in [-0.05, 0) is 51.3 Å². The Labute approximate surface area is 103 Å². The molecule has 0 aliphatic heterocycles. The van der Waals surface area contributed by atoms with Crippen LogP contribution in [0.5, 0.6) is 11.5 Å². The second-order valence-corrected chi connectivity index (χ2v) is 4.21. The molecule has 3 heteroatoms. The number of aryl methyl sites for hydroxylation is 1. The lowest BCUT2D eigenvalue weighted by atomic mass is 10.1. The molecule has 96 valence electrons. The lowest BCUT2D eigenvalue weighted by molar-refractivity contribution is 0.223. The van der Waals surface area contributed by atoms with Crippen LogP contribution in [0.3, 0.4) is 0 Å². The van der Waals surface area contributed by atoms with Crippen LogP contribution < -0.4 is 9.47 Å². The third-order valence-electron chi connectivity index (χ3n) is 2.29. The summed E-state index contributed by atoms with van der Waals surface area (Å²) in [7, 11) is 0. The van der Waals surface area contributed by atoms with Crippen LogP contribution in [0, 0.1) is 0 Å². The van der Waals surface area contributed by atoms with Crippen molar-refractivity contribution in [2.24, 2.45) is 0 Å². The zero-order valence-electron chi connectivity index (χ0n) is 10.9. The van der Waals surface area contributed by atoms with E-state index in [4.69, 9.17) is 14.6 Å². The molecule has 0 saturated heterocycles. The van der Waals surface area contributed by atoms with Gasteiger partial charge in [0.1, 0.15) is 0 Å². The molecule has 1 aromatic carbocycles. The minimum Gasteiger partial charge on any atom is -0.490 e. The maximum atomic E-state index is 8.82. The fourth-order valence-electron chi connectivity index (χ4n) is 1.61. The van der Waals surface area contributed by atoms with E-state index >= 15 is 0 Å². The Morgan fingerprint density at radius 3 is 2.59 bits per heavy atom. The summed E-state index contributed by atoms with van der Waals surface area (Å²) < 4.78 is 11.3. The number of rotatable bonds is 7. The largest absolute Gasteiger partial charge is 0.490 e. The van der Waals surface area contributed by atoms with Gasteiger partial charge in [-0.25, -0.2) is 0 Å². The highest BCUT2D eigenvalue weighted by Gasteiger charge is 2.07. The van der Waals surface area contributed by atoms with Gasteiger partial charge in [0, 0.05) is 6.61 Å². The normalized spacial score (nSPS) is 10.6. The Hall–Kier alpha value is -1.22. The van der Waals surface area contributed by atoms with Gasteiger partial charge in [0.15, 0.2) is 11.5 Å². The van der Waals surface area contributed by atoms with E-state index < -0.39 is 0 Å². The second-order valence-electron chi connectivity index (χ2n) is 4.21. The van der Waals surface area contributed by atoms with Gasteiger partial charge in [-0.2, -0.15) is 0 Å². The summed E-state index contributed by atoms with van der Waals surface area (Å²) in [6.07, 6.45) is 1.77. The predicted molar refractivity (Wildman–Crippen MR) is 68.8 cm³/mol. The number of hydrogen-bond donors (Lipinski definition) is 1. The van der Waals surface area contributed by atoms with Gasteiger partial charge in [-0.15, -0.1) is 0 Å². The number of aliphatic hydroxyl groups is 1. The molecule has 0 aliphatic carbocycles. The molecule has 0 heterocycles. The minimum absolute atomic E-state index is 0.137. The maximum absolute atomic E-state index is 8.82. The predicted octanol–water partition coefficient (Wildman–Crippen LogP) is 2.80. The van der Waals surface area contributed by atoms with Crippen molar-refractivity contribution in [1.82, 2.24) is 0 Å². The molecule has 0 amide bonds. The monoisotopic (exact) mass is 238 g/mol. The zero-order valence-corrected chi connectivity index (χ0v) is 10.9. The van der Waals surface area contributed by atoms with Crippen molar-refractivity contribution in [3.8, 4) is 11.5 Å². The molecule has 0 radical (unpaired) electrons. The molecular formula is C14H22O3. The summed E-state index contributed by atoms with van der Waals surface area (Å²) in [4.78, 5) is 0. The van der Waals surface area contributed by atoms with Crippen LogP contribution in [0.15, 0.2) is 18.2 Å². The Bertz CT molecular complexity index is 334. The quantitative estimate of drug-likeness (QED) is 0.794. The van der Waals surface area contributed by atoms with E-state index in [2.05, 4.69) is 0 Å². The molecule has 1 rings (SSSR count). The van der Waals surface area contributed by atoms with Gasteiger partial charge in [0.2, 0.25) is 0 Å². The third kappa shape index (κ3) is 4.65. The van der Waals surface area contributed by atoms with E-state index in [0.29, 0.717) is 6.61 Å².